The molecular formula is C17H26N4OS. The summed E-state index contributed by atoms with van der Waals surface area (Å²) in [6.07, 6.45) is 1.20. The van der Waals surface area contributed by atoms with Crippen LogP contribution in [0.5, 0.6) is 0 Å². The Morgan fingerprint density at radius 2 is 2.04 bits per heavy atom. The third-order valence-corrected chi connectivity index (χ3v) is 5.18. The minimum atomic E-state index is 0.176. The van der Waals surface area contributed by atoms with Crippen molar-refractivity contribution in [2.24, 2.45) is 5.92 Å². The predicted octanol–water partition coefficient (Wildman–Crippen LogP) is 3.52. The molecule has 126 valence electrons. The largest absolute Gasteiger partial charge is 0.418 e. The van der Waals surface area contributed by atoms with E-state index >= 15 is 0 Å². The van der Waals surface area contributed by atoms with E-state index in [9.17, 15) is 0 Å². The van der Waals surface area contributed by atoms with Gasteiger partial charge in [-0.1, -0.05) is 19.9 Å². The predicted molar refractivity (Wildman–Crippen MR) is 93.5 cm³/mol. The highest BCUT2D eigenvalue weighted by molar-refractivity contribution is 7.13. The van der Waals surface area contributed by atoms with Gasteiger partial charge in [0, 0.05) is 26.2 Å². The van der Waals surface area contributed by atoms with E-state index in [2.05, 4.69) is 40.8 Å². The lowest BCUT2D eigenvalue weighted by atomic mass is 10.2. The first-order chi connectivity index (χ1) is 11.1. The molecule has 1 fully saturated rings. The highest BCUT2D eigenvalue weighted by Crippen LogP contribution is 2.27. The molecule has 5 nitrogen and oxygen atoms in total. The number of thiophene rings is 1. The number of hydrogen-bond donors (Lipinski definition) is 0. The maximum Gasteiger partial charge on any atom is 0.257 e. The number of aromatic nitrogens is 2. The van der Waals surface area contributed by atoms with Crippen LogP contribution in [-0.4, -0.2) is 52.7 Å². The lowest BCUT2D eigenvalue weighted by molar-refractivity contribution is 0.182. The molecule has 3 heterocycles. The average molecular weight is 334 g/mol. The molecular weight excluding hydrogens is 308 g/mol. The lowest BCUT2D eigenvalue weighted by Crippen LogP contribution is -2.34. The summed E-state index contributed by atoms with van der Waals surface area (Å²) < 4.78 is 5.91. The fourth-order valence-corrected chi connectivity index (χ4v) is 3.78. The van der Waals surface area contributed by atoms with Crippen LogP contribution < -0.4 is 0 Å². The maximum atomic E-state index is 5.91. The van der Waals surface area contributed by atoms with Crippen LogP contribution in [0.4, 0.5) is 0 Å². The summed E-state index contributed by atoms with van der Waals surface area (Å²) in [5, 5.41) is 10.5. The normalized spacial score (nSPS) is 19.1. The van der Waals surface area contributed by atoms with Crippen LogP contribution in [0.15, 0.2) is 21.9 Å². The molecule has 0 saturated carbocycles. The van der Waals surface area contributed by atoms with Gasteiger partial charge in [-0.2, -0.15) is 0 Å². The highest BCUT2D eigenvalue weighted by Gasteiger charge is 2.24. The van der Waals surface area contributed by atoms with Gasteiger partial charge < -0.3 is 9.32 Å². The third-order valence-electron chi connectivity index (χ3n) is 4.32. The standard InChI is InChI=1S/C17H26N4OS/c1-13(2)12-20-7-5-8-21(10-9-20)14(3)16-18-19-17(22-16)15-6-4-11-23-15/h4,6,11,13-14H,5,7-10,12H2,1-3H3. The third kappa shape index (κ3) is 4.19. The molecule has 0 bridgehead atoms. The van der Waals surface area contributed by atoms with Crippen molar-refractivity contribution < 1.29 is 4.42 Å². The van der Waals surface area contributed by atoms with Crippen LogP contribution in [0, 0.1) is 5.92 Å². The molecule has 2 aromatic rings. The molecule has 0 amide bonds. The van der Waals surface area contributed by atoms with E-state index in [4.69, 9.17) is 4.42 Å². The van der Waals surface area contributed by atoms with E-state index in [1.165, 1.54) is 19.5 Å². The van der Waals surface area contributed by atoms with Crippen LogP contribution in [0.25, 0.3) is 10.8 Å². The molecule has 0 aliphatic carbocycles. The van der Waals surface area contributed by atoms with Gasteiger partial charge in [-0.25, -0.2) is 0 Å². The van der Waals surface area contributed by atoms with Crippen LogP contribution in [0.2, 0.25) is 0 Å². The summed E-state index contributed by atoms with van der Waals surface area (Å²) in [7, 11) is 0. The molecule has 1 aliphatic rings. The van der Waals surface area contributed by atoms with Crippen LogP contribution in [0.1, 0.15) is 39.1 Å². The Balaban J connectivity index is 1.63. The second kappa shape index (κ2) is 7.55. The second-order valence-corrected chi connectivity index (χ2v) is 7.63. The highest BCUT2D eigenvalue weighted by atomic mass is 32.1. The van der Waals surface area contributed by atoms with Crippen LogP contribution >= 0.6 is 11.3 Å². The Morgan fingerprint density at radius 1 is 1.17 bits per heavy atom. The summed E-state index contributed by atoms with van der Waals surface area (Å²) in [6.45, 7) is 12.4. The summed E-state index contributed by atoms with van der Waals surface area (Å²) in [5.74, 6) is 2.09. The maximum absolute atomic E-state index is 5.91. The second-order valence-electron chi connectivity index (χ2n) is 6.68. The molecule has 0 radical (unpaired) electrons. The van der Waals surface area contributed by atoms with Crippen molar-refractivity contribution >= 4 is 11.3 Å². The first-order valence-corrected chi connectivity index (χ1v) is 9.35. The summed E-state index contributed by atoms with van der Waals surface area (Å²) in [5.41, 5.74) is 0. The van der Waals surface area contributed by atoms with E-state index in [-0.39, 0.29) is 6.04 Å². The molecule has 6 heteroatoms. The topological polar surface area (TPSA) is 45.4 Å². The summed E-state index contributed by atoms with van der Waals surface area (Å²) >= 11 is 1.63. The van der Waals surface area contributed by atoms with E-state index in [0.717, 1.165) is 36.3 Å². The quantitative estimate of drug-likeness (QED) is 0.837. The fourth-order valence-electron chi connectivity index (χ4n) is 3.14. The van der Waals surface area contributed by atoms with E-state index in [0.29, 0.717) is 5.89 Å². The fraction of sp³-hybridized carbons (Fsp3) is 0.647. The first kappa shape index (κ1) is 16.6. The molecule has 1 aliphatic heterocycles. The minimum absolute atomic E-state index is 0.176. The number of nitrogens with zero attached hydrogens (tertiary/aromatic N) is 4. The molecule has 0 N–H and O–H groups in total. The van der Waals surface area contributed by atoms with Crippen molar-refractivity contribution in [3.05, 3.63) is 23.4 Å². The Morgan fingerprint density at radius 3 is 2.78 bits per heavy atom. The van der Waals surface area contributed by atoms with Gasteiger partial charge in [-0.15, -0.1) is 21.5 Å². The molecule has 3 rings (SSSR count). The van der Waals surface area contributed by atoms with E-state index in [1.807, 2.05) is 17.5 Å². The zero-order chi connectivity index (χ0) is 16.2. The van der Waals surface area contributed by atoms with Gasteiger partial charge in [0.05, 0.1) is 10.9 Å². The zero-order valence-corrected chi connectivity index (χ0v) is 15.1. The smallest absolute Gasteiger partial charge is 0.257 e. The van der Waals surface area contributed by atoms with Gasteiger partial charge >= 0.3 is 0 Å². The molecule has 23 heavy (non-hydrogen) atoms. The van der Waals surface area contributed by atoms with Gasteiger partial charge in [-0.3, -0.25) is 4.90 Å². The molecule has 0 spiro atoms. The van der Waals surface area contributed by atoms with Crippen molar-refractivity contribution in [1.29, 1.82) is 0 Å². The zero-order valence-electron chi connectivity index (χ0n) is 14.2. The van der Waals surface area contributed by atoms with Gasteiger partial charge in [0.25, 0.3) is 5.89 Å². The Bertz CT molecular complexity index is 596. The number of hydrogen-bond acceptors (Lipinski definition) is 6. The van der Waals surface area contributed by atoms with Crippen LogP contribution in [0.3, 0.4) is 0 Å². The van der Waals surface area contributed by atoms with Crippen molar-refractivity contribution in [1.82, 2.24) is 20.0 Å². The summed E-state index contributed by atoms with van der Waals surface area (Å²) in [6, 6.07) is 4.20. The SMILES string of the molecule is CC(C)CN1CCCN(C(C)c2nnc(-c3cccs3)o2)CC1. The molecule has 1 unspecified atom stereocenters. The van der Waals surface area contributed by atoms with Crippen molar-refractivity contribution in [3.63, 3.8) is 0 Å². The van der Waals surface area contributed by atoms with E-state index < -0.39 is 0 Å². The monoisotopic (exact) mass is 334 g/mol. The van der Waals surface area contributed by atoms with Crippen molar-refractivity contribution in [2.75, 3.05) is 32.7 Å². The Labute approximate surface area is 142 Å². The molecule has 0 aromatic carbocycles. The van der Waals surface area contributed by atoms with Crippen molar-refractivity contribution in [2.45, 2.75) is 33.2 Å². The molecule has 1 atom stereocenters. The van der Waals surface area contributed by atoms with Crippen LogP contribution in [-0.2, 0) is 0 Å². The Hall–Kier alpha value is -1.24. The number of rotatable bonds is 5. The average Bonchev–Trinajstić information content (AvgIpc) is 3.15. The van der Waals surface area contributed by atoms with Gasteiger partial charge in [0.2, 0.25) is 5.89 Å². The summed E-state index contributed by atoms with van der Waals surface area (Å²) in [4.78, 5) is 6.07. The molecule has 2 aromatic heterocycles. The van der Waals surface area contributed by atoms with Gasteiger partial charge in [0.1, 0.15) is 0 Å². The molecule has 1 saturated heterocycles. The lowest BCUT2D eigenvalue weighted by Gasteiger charge is -2.25. The van der Waals surface area contributed by atoms with Gasteiger partial charge in [-0.05, 0) is 37.3 Å². The van der Waals surface area contributed by atoms with Crippen molar-refractivity contribution in [3.8, 4) is 10.8 Å². The first-order valence-electron chi connectivity index (χ1n) is 8.47. The van der Waals surface area contributed by atoms with E-state index in [1.54, 1.807) is 11.3 Å². The minimum Gasteiger partial charge on any atom is -0.418 e. The Kier molecular flexibility index (Phi) is 5.46. The van der Waals surface area contributed by atoms with Gasteiger partial charge in [0.15, 0.2) is 0 Å².